The third kappa shape index (κ3) is 3.81. The molecule has 0 saturated carbocycles. The van der Waals surface area contributed by atoms with Crippen LogP contribution in [-0.4, -0.2) is 44.8 Å². The SMILES string of the molecule is Cc1c(C(=O)N2CCC(C(=O)O)CC2)cnn1-c1cccc(C(F)(F)F)c1. The molecule has 0 bridgehead atoms. The van der Waals surface area contributed by atoms with E-state index in [0.717, 1.165) is 12.1 Å². The van der Waals surface area contributed by atoms with E-state index >= 15 is 0 Å². The molecule has 1 fully saturated rings. The first-order chi connectivity index (χ1) is 12.7. The Balaban J connectivity index is 1.82. The first-order valence-electron chi connectivity index (χ1n) is 8.43. The lowest BCUT2D eigenvalue weighted by Gasteiger charge is -2.30. The third-order valence-electron chi connectivity index (χ3n) is 4.79. The van der Waals surface area contributed by atoms with Crippen LogP contribution in [0.5, 0.6) is 0 Å². The zero-order chi connectivity index (χ0) is 19.8. The van der Waals surface area contributed by atoms with Crippen LogP contribution in [0.1, 0.15) is 34.5 Å². The Hall–Kier alpha value is -2.84. The maximum Gasteiger partial charge on any atom is 0.416 e. The number of benzene rings is 1. The van der Waals surface area contributed by atoms with Gasteiger partial charge in [-0.1, -0.05) is 6.07 Å². The molecule has 0 unspecified atom stereocenters. The quantitative estimate of drug-likeness (QED) is 0.886. The van der Waals surface area contributed by atoms with E-state index < -0.39 is 23.6 Å². The van der Waals surface area contributed by atoms with Crippen molar-refractivity contribution in [1.82, 2.24) is 14.7 Å². The molecule has 1 aliphatic heterocycles. The van der Waals surface area contributed by atoms with Crippen molar-refractivity contribution in [2.75, 3.05) is 13.1 Å². The number of aliphatic carboxylic acids is 1. The minimum absolute atomic E-state index is 0.214. The number of halogens is 3. The maximum atomic E-state index is 12.9. The van der Waals surface area contributed by atoms with Gasteiger partial charge in [0.1, 0.15) is 0 Å². The number of nitrogens with zero attached hydrogens (tertiary/aromatic N) is 3. The highest BCUT2D eigenvalue weighted by Crippen LogP contribution is 2.30. The number of carboxylic acids is 1. The summed E-state index contributed by atoms with van der Waals surface area (Å²) in [6.07, 6.45) is -2.38. The number of rotatable bonds is 3. The van der Waals surface area contributed by atoms with Gasteiger partial charge in [-0.3, -0.25) is 9.59 Å². The van der Waals surface area contributed by atoms with Crippen LogP contribution in [0.4, 0.5) is 13.2 Å². The Morgan fingerprint density at radius 2 is 1.89 bits per heavy atom. The van der Waals surface area contributed by atoms with E-state index in [9.17, 15) is 22.8 Å². The van der Waals surface area contributed by atoms with Crippen LogP contribution in [0.15, 0.2) is 30.5 Å². The molecule has 1 aliphatic rings. The number of likely N-dealkylation sites (tertiary alicyclic amines) is 1. The zero-order valence-corrected chi connectivity index (χ0v) is 14.5. The van der Waals surface area contributed by atoms with Gasteiger partial charge in [0.2, 0.25) is 0 Å². The number of amides is 1. The van der Waals surface area contributed by atoms with Crippen LogP contribution in [0.2, 0.25) is 0 Å². The van der Waals surface area contributed by atoms with Gasteiger partial charge in [-0.25, -0.2) is 4.68 Å². The first kappa shape index (κ1) is 18.9. The second-order valence-electron chi connectivity index (χ2n) is 6.51. The van der Waals surface area contributed by atoms with Gasteiger partial charge in [0.05, 0.1) is 34.6 Å². The molecule has 0 radical (unpaired) electrons. The van der Waals surface area contributed by atoms with Crippen LogP contribution in [0, 0.1) is 12.8 Å². The molecule has 0 atom stereocenters. The summed E-state index contributed by atoms with van der Waals surface area (Å²) in [6.45, 7) is 2.26. The predicted molar refractivity (Wildman–Crippen MR) is 89.6 cm³/mol. The molecule has 2 heterocycles. The predicted octanol–water partition coefficient (Wildman–Crippen LogP) is 3.14. The monoisotopic (exact) mass is 381 g/mol. The van der Waals surface area contributed by atoms with Crippen molar-refractivity contribution >= 4 is 11.9 Å². The molecule has 9 heteroatoms. The summed E-state index contributed by atoms with van der Waals surface area (Å²) >= 11 is 0. The van der Waals surface area contributed by atoms with Crippen molar-refractivity contribution in [2.24, 2.45) is 5.92 Å². The van der Waals surface area contributed by atoms with Crippen molar-refractivity contribution in [3.8, 4) is 5.69 Å². The molecule has 3 rings (SSSR count). The molecule has 1 N–H and O–H groups in total. The second kappa shape index (κ2) is 7.05. The molecule has 0 aliphatic carbocycles. The van der Waals surface area contributed by atoms with E-state index in [1.807, 2.05) is 0 Å². The molecular formula is C18H18F3N3O3. The maximum absolute atomic E-state index is 12.9. The Labute approximate surface area is 153 Å². The lowest BCUT2D eigenvalue weighted by Crippen LogP contribution is -2.40. The van der Waals surface area contributed by atoms with Crippen LogP contribution in [0.3, 0.4) is 0 Å². The van der Waals surface area contributed by atoms with Crippen LogP contribution >= 0.6 is 0 Å². The third-order valence-corrected chi connectivity index (χ3v) is 4.79. The van der Waals surface area contributed by atoms with Crippen molar-refractivity contribution in [3.63, 3.8) is 0 Å². The minimum atomic E-state index is -4.47. The summed E-state index contributed by atoms with van der Waals surface area (Å²) in [5, 5.41) is 13.1. The van der Waals surface area contributed by atoms with Gasteiger partial charge in [-0.2, -0.15) is 18.3 Å². The number of hydrogen-bond acceptors (Lipinski definition) is 3. The van der Waals surface area contributed by atoms with E-state index in [4.69, 9.17) is 5.11 Å². The second-order valence-corrected chi connectivity index (χ2v) is 6.51. The Morgan fingerprint density at radius 1 is 1.22 bits per heavy atom. The number of carboxylic acid groups (broad SMARTS) is 1. The average molecular weight is 381 g/mol. The van der Waals surface area contributed by atoms with Crippen molar-refractivity contribution in [2.45, 2.75) is 25.9 Å². The van der Waals surface area contributed by atoms with Gasteiger partial charge < -0.3 is 10.0 Å². The van der Waals surface area contributed by atoms with Crippen LogP contribution in [0.25, 0.3) is 5.69 Å². The van der Waals surface area contributed by atoms with Gasteiger partial charge >= 0.3 is 12.1 Å². The van der Waals surface area contributed by atoms with Gasteiger partial charge in [0, 0.05) is 13.1 Å². The van der Waals surface area contributed by atoms with Crippen LogP contribution in [-0.2, 0) is 11.0 Å². The van der Waals surface area contributed by atoms with E-state index in [2.05, 4.69) is 5.10 Å². The highest BCUT2D eigenvalue weighted by Gasteiger charge is 2.31. The summed E-state index contributed by atoms with van der Waals surface area (Å²) in [5.41, 5.74) is 0.144. The van der Waals surface area contributed by atoms with Crippen molar-refractivity contribution < 1.29 is 27.9 Å². The molecule has 1 aromatic carbocycles. The number of carbonyl (C=O) groups is 2. The summed E-state index contributed by atoms with van der Waals surface area (Å²) in [4.78, 5) is 25.3. The highest BCUT2D eigenvalue weighted by molar-refractivity contribution is 5.95. The highest BCUT2D eigenvalue weighted by atomic mass is 19.4. The average Bonchev–Trinajstić information content (AvgIpc) is 3.02. The number of carbonyl (C=O) groups excluding carboxylic acids is 1. The van der Waals surface area contributed by atoms with E-state index in [0.29, 0.717) is 37.2 Å². The molecule has 6 nitrogen and oxygen atoms in total. The van der Waals surface area contributed by atoms with Crippen molar-refractivity contribution in [1.29, 1.82) is 0 Å². The molecule has 0 spiro atoms. The zero-order valence-electron chi connectivity index (χ0n) is 14.5. The van der Waals surface area contributed by atoms with Gasteiger partial charge in [-0.05, 0) is 38.0 Å². The summed E-state index contributed by atoms with van der Waals surface area (Å²) < 4.78 is 40.0. The Kier molecular flexibility index (Phi) is 4.95. The summed E-state index contributed by atoms with van der Waals surface area (Å²) in [7, 11) is 0. The van der Waals surface area contributed by atoms with Gasteiger partial charge in [0.15, 0.2) is 0 Å². The van der Waals surface area contributed by atoms with E-state index in [1.165, 1.54) is 23.0 Å². The number of hydrogen-bond donors (Lipinski definition) is 1. The van der Waals surface area contributed by atoms with Crippen LogP contribution < -0.4 is 0 Å². The topological polar surface area (TPSA) is 75.4 Å². The Bertz CT molecular complexity index is 868. The first-order valence-corrected chi connectivity index (χ1v) is 8.43. The van der Waals surface area contributed by atoms with E-state index in [-0.39, 0.29) is 11.6 Å². The molecule has 2 aromatic rings. The molecule has 1 saturated heterocycles. The molecule has 27 heavy (non-hydrogen) atoms. The lowest BCUT2D eigenvalue weighted by molar-refractivity contribution is -0.143. The Morgan fingerprint density at radius 3 is 2.48 bits per heavy atom. The minimum Gasteiger partial charge on any atom is -0.481 e. The lowest BCUT2D eigenvalue weighted by atomic mass is 9.96. The summed E-state index contributed by atoms with van der Waals surface area (Å²) in [5.74, 6) is -1.62. The van der Waals surface area contributed by atoms with Gasteiger partial charge in [-0.15, -0.1) is 0 Å². The van der Waals surface area contributed by atoms with E-state index in [1.54, 1.807) is 11.8 Å². The number of aromatic nitrogens is 2. The normalized spacial score (nSPS) is 15.8. The molecule has 1 aromatic heterocycles. The number of piperidine rings is 1. The van der Waals surface area contributed by atoms with Crippen molar-refractivity contribution in [3.05, 3.63) is 47.3 Å². The largest absolute Gasteiger partial charge is 0.481 e. The molecular weight excluding hydrogens is 363 g/mol. The standard InChI is InChI=1S/C18H18F3N3O3/c1-11-15(16(25)23-7-5-12(6-8-23)17(26)27)10-22-24(11)14-4-2-3-13(9-14)18(19,20)21/h2-4,9-10,12H,5-8H2,1H3,(H,26,27). The fourth-order valence-electron chi connectivity index (χ4n) is 3.19. The fraction of sp³-hybridized carbons (Fsp3) is 0.389. The summed E-state index contributed by atoms with van der Waals surface area (Å²) in [6, 6.07) is 4.73. The number of alkyl halides is 3. The molecule has 144 valence electrons. The molecule has 1 amide bonds. The fourth-order valence-corrected chi connectivity index (χ4v) is 3.19. The smallest absolute Gasteiger partial charge is 0.416 e. The van der Waals surface area contributed by atoms with Gasteiger partial charge in [0.25, 0.3) is 5.91 Å².